The van der Waals surface area contributed by atoms with E-state index in [0.717, 1.165) is 31.7 Å². The maximum Gasteiger partial charge on any atom is 0.222 e. The van der Waals surface area contributed by atoms with Gasteiger partial charge in [-0.25, -0.2) is 8.42 Å². The largest absolute Gasteiger partial charge is 0.381 e. The molecule has 2 aliphatic heterocycles. The highest BCUT2D eigenvalue weighted by molar-refractivity contribution is 7.89. The highest BCUT2D eigenvalue weighted by atomic mass is 32.2. The average molecular weight is 385 g/mol. The molecule has 0 spiro atoms. The molecule has 3 heterocycles. The number of sulfonamides is 1. The van der Waals surface area contributed by atoms with Crippen molar-refractivity contribution in [2.45, 2.75) is 50.9 Å². The minimum Gasteiger partial charge on any atom is -0.381 e. The SMILES string of the molecule is CC(C)S(=O)(=O)N1Cc2ccnn2[C@H](CC(=O)NCC2CCOCC2)C1. The third kappa shape index (κ3) is 4.27. The maximum absolute atomic E-state index is 12.6. The molecule has 9 heteroatoms. The van der Waals surface area contributed by atoms with Gasteiger partial charge in [0.1, 0.15) is 0 Å². The summed E-state index contributed by atoms with van der Waals surface area (Å²) in [6, 6.07) is 1.53. The van der Waals surface area contributed by atoms with Crippen LogP contribution in [0.1, 0.15) is 44.8 Å². The third-order valence-electron chi connectivity index (χ3n) is 5.16. The second-order valence-electron chi connectivity index (χ2n) is 7.37. The zero-order valence-corrected chi connectivity index (χ0v) is 16.2. The Morgan fingerprint density at radius 3 is 2.81 bits per heavy atom. The first-order valence-corrected chi connectivity index (χ1v) is 10.7. The van der Waals surface area contributed by atoms with E-state index in [1.54, 1.807) is 24.7 Å². The maximum atomic E-state index is 12.6. The Morgan fingerprint density at radius 1 is 1.38 bits per heavy atom. The molecule has 0 aromatic carbocycles. The smallest absolute Gasteiger partial charge is 0.222 e. The van der Waals surface area contributed by atoms with Crippen molar-refractivity contribution in [2.75, 3.05) is 26.3 Å². The summed E-state index contributed by atoms with van der Waals surface area (Å²) in [7, 11) is -3.37. The number of hydrogen-bond donors (Lipinski definition) is 1. The fourth-order valence-corrected chi connectivity index (χ4v) is 4.78. The van der Waals surface area contributed by atoms with E-state index in [4.69, 9.17) is 4.74 Å². The van der Waals surface area contributed by atoms with Crippen LogP contribution in [0.3, 0.4) is 0 Å². The van der Waals surface area contributed by atoms with Crippen LogP contribution in [-0.4, -0.2) is 60.0 Å². The molecule has 2 aliphatic rings. The van der Waals surface area contributed by atoms with Crippen LogP contribution in [0.25, 0.3) is 0 Å². The van der Waals surface area contributed by atoms with Gasteiger partial charge in [-0.1, -0.05) is 0 Å². The first-order valence-electron chi connectivity index (χ1n) is 9.23. The molecule has 3 rings (SSSR count). The van der Waals surface area contributed by atoms with Gasteiger partial charge in [-0.05, 0) is 38.7 Å². The zero-order valence-electron chi connectivity index (χ0n) is 15.4. The molecule has 0 saturated carbocycles. The molecule has 0 unspecified atom stereocenters. The van der Waals surface area contributed by atoms with Gasteiger partial charge in [-0.2, -0.15) is 9.40 Å². The molecule has 1 aromatic rings. The second kappa shape index (κ2) is 8.06. The Bertz CT molecular complexity index is 725. The molecule has 1 amide bonds. The molecule has 1 aromatic heterocycles. The number of hydrogen-bond acceptors (Lipinski definition) is 5. The monoisotopic (exact) mass is 384 g/mol. The molecule has 1 atom stereocenters. The number of amides is 1. The summed E-state index contributed by atoms with van der Waals surface area (Å²) < 4.78 is 33.7. The van der Waals surface area contributed by atoms with E-state index in [1.165, 1.54) is 4.31 Å². The molecular weight excluding hydrogens is 356 g/mol. The number of fused-ring (bicyclic) bond motifs is 1. The van der Waals surface area contributed by atoms with Crippen molar-refractivity contribution >= 4 is 15.9 Å². The van der Waals surface area contributed by atoms with Crippen LogP contribution >= 0.6 is 0 Å². The number of ether oxygens (including phenoxy) is 1. The average Bonchev–Trinajstić information content (AvgIpc) is 3.09. The highest BCUT2D eigenvalue weighted by Crippen LogP contribution is 2.26. The lowest BCUT2D eigenvalue weighted by molar-refractivity contribution is -0.122. The molecule has 8 nitrogen and oxygen atoms in total. The summed E-state index contributed by atoms with van der Waals surface area (Å²) >= 11 is 0. The summed E-state index contributed by atoms with van der Waals surface area (Å²) in [6.45, 7) is 6.09. The molecule has 146 valence electrons. The van der Waals surface area contributed by atoms with Crippen LogP contribution in [0.5, 0.6) is 0 Å². The Balaban J connectivity index is 1.63. The molecule has 0 aliphatic carbocycles. The number of carbonyl (C=O) groups is 1. The lowest BCUT2D eigenvalue weighted by atomic mass is 10.0. The topological polar surface area (TPSA) is 93.5 Å². The summed E-state index contributed by atoms with van der Waals surface area (Å²) in [5.41, 5.74) is 0.822. The highest BCUT2D eigenvalue weighted by Gasteiger charge is 2.35. The molecule has 0 radical (unpaired) electrons. The van der Waals surface area contributed by atoms with Crippen LogP contribution < -0.4 is 5.32 Å². The van der Waals surface area contributed by atoms with Gasteiger partial charge in [-0.15, -0.1) is 0 Å². The van der Waals surface area contributed by atoms with E-state index < -0.39 is 15.3 Å². The van der Waals surface area contributed by atoms with Gasteiger partial charge in [0.25, 0.3) is 0 Å². The van der Waals surface area contributed by atoms with Crippen molar-refractivity contribution in [3.8, 4) is 0 Å². The summed E-state index contributed by atoms with van der Waals surface area (Å²) in [6.07, 6.45) is 3.82. The standard InChI is InChI=1S/C17H28N4O4S/c1-13(2)26(23,24)20-11-15-3-6-19-21(15)16(12-20)9-17(22)18-10-14-4-7-25-8-5-14/h3,6,13-14,16H,4-5,7-12H2,1-2H3,(H,18,22)/t16-/m1/s1. The summed E-state index contributed by atoms with van der Waals surface area (Å²) in [4.78, 5) is 12.4. The summed E-state index contributed by atoms with van der Waals surface area (Å²) in [5.74, 6) is 0.392. The predicted octanol–water partition coefficient (Wildman–Crippen LogP) is 0.911. The fourth-order valence-electron chi connectivity index (χ4n) is 3.49. The minimum absolute atomic E-state index is 0.0632. The third-order valence-corrected chi connectivity index (χ3v) is 7.35. The van der Waals surface area contributed by atoms with Crippen LogP contribution in [0.4, 0.5) is 0 Å². The Labute approximate surface area is 154 Å². The molecule has 1 fully saturated rings. The number of nitrogens with one attached hydrogen (secondary N) is 1. The number of rotatable bonds is 6. The second-order valence-corrected chi connectivity index (χ2v) is 9.86. The Kier molecular flexibility index (Phi) is 5.99. The van der Waals surface area contributed by atoms with Crippen LogP contribution in [0.2, 0.25) is 0 Å². The van der Waals surface area contributed by atoms with Crippen molar-refractivity contribution in [1.29, 1.82) is 0 Å². The lowest BCUT2D eigenvalue weighted by Gasteiger charge is -2.34. The number of carbonyl (C=O) groups excluding carboxylic acids is 1. The zero-order chi connectivity index (χ0) is 18.7. The molecule has 1 saturated heterocycles. The van der Waals surface area contributed by atoms with Gasteiger partial charge < -0.3 is 10.1 Å². The summed E-state index contributed by atoms with van der Waals surface area (Å²) in [5, 5.41) is 6.81. The van der Waals surface area contributed by atoms with E-state index in [0.29, 0.717) is 19.0 Å². The van der Waals surface area contributed by atoms with Gasteiger partial charge in [0.2, 0.25) is 15.9 Å². The minimum atomic E-state index is -3.37. The van der Waals surface area contributed by atoms with Gasteiger partial charge in [0, 0.05) is 32.5 Å². The Hall–Kier alpha value is -1.45. The van der Waals surface area contributed by atoms with Crippen molar-refractivity contribution in [2.24, 2.45) is 5.92 Å². The van der Waals surface area contributed by atoms with Crippen LogP contribution in [-0.2, 0) is 26.1 Å². The van der Waals surface area contributed by atoms with E-state index in [2.05, 4.69) is 10.4 Å². The normalized spacial score (nSPS) is 22.3. The van der Waals surface area contributed by atoms with Crippen molar-refractivity contribution in [3.63, 3.8) is 0 Å². The van der Waals surface area contributed by atoms with Gasteiger partial charge in [0.05, 0.1) is 30.0 Å². The van der Waals surface area contributed by atoms with Gasteiger partial charge in [0.15, 0.2) is 0 Å². The van der Waals surface area contributed by atoms with Crippen molar-refractivity contribution in [1.82, 2.24) is 19.4 Å². The first kappa shape index (κ1) is 19.3. The van der Waals surface area contributed by atoms with E-state index >= 15 is 0 Å². The van der Waals surface area contributed by atoms with Crippen molar-refractivity contribution in [3.05, 3.63) is 18.0 Å². The molecule has 0 bridgehead atoms. The number of nitrogens with zero attached hydrogens (tertiary/aromatic N) is 3. The molecule has 26 heavy (non-hydrogen) atoms. The Morgan fingerprint density at radius 2 is 2.12 bits per heavy atom. The van der Waals surface area contributed by atoms with Gasteiger partial charge >= 0.3 is 0 Å². The first-order chi connectivity index (χ1) is 12.4. The van der Waals surface area contributed by atoms with Crippen molar-refractivity contribution < 1.29 is 17.9 Å². The van der Waals surface area contributed by atoms with Crippen LogP contribution in [0, 0.1) is 5.92 Å². The lowest BCUT2D eigenvalue weighted by Crippen LogP contribution is -2.45. The predicted molar refractivity (Wildman–Crippen MR) is 96.9 cm³/mol. The van der Waals surface area contributed by atoms with Crippen LogP contribution in [0.15, 0.2) is 12.3 Å². The van der Waals surface area contributed by atoms with E-state index in [1.807, 2.05) is 6.07 Å². The molecule has 1 N–H and O–H groups in total. The van der Waals surface area contributed by atoms with E-state index in [-0.39, 0.29) is 24.9 Å². The van der Waals surface area contributed by atoms with Gasteiger partial charge in [-0.3, -0.25) is 9.48 Å². The van der Waals surface area contributed by atoms with E-state index in [9.17, 15) is 13.2 Å². The fraction of sp³-hybridized carbons (Fsp3) is 0.765. The number of aromatic nitrogens is 2. The quantitative estimate of drug-likeness (QED) is 0.787. The molecular formula is C17H28N4O4S.